The highest BCUT2D eigenvalue weighted by molar-refractivity contribution is 6.45. The summed E-state index contributed by atoms with van der Waals surface area (Å²) in [5, 5.41) is 0. The standard InChI is InChI=1S/C24H26N2O5/c1-4-31-18-9-7-16(8-10-18)21-22(25-11-5-6-12-25)24(28)26(23(21)27)17-13-19(29-2)15-20(14-17)30-3/h7-10,13-15H,4-6,11-12H2,1-3H3. The maximum Gasteiger partial charge on any atom is 0.282 e. The number of amides is 2. The van der Waals surface area contributed by atoms with Crippen LogP contribution in [0.5, 0.6) is 17.2 Å². The van der Waals surface area contributed by atoms with E-state index in [9.17, 15) is 9.59 Å². The normalized spacial score (nSPS) is 16.4. The van der Waals surface area contributed by atoms with Crippen LogP contribution in [0.4, 0.5) is 5.69 Å². The first-order valence-corrected chi connectivity index (χ1v) is 10.4. The second kappa shape index (κ2) is 8.71. The first kappa shape index (κ1) is 20.8. The molecule has 2 heterocycles. The van der Waals surface area contributed by atoms with Gasteiger partial charge in [0.25, 0.3) is 11.8 Å². The fourth-order valence-electron chi connectivity index (χ4n) is 4.05. The Kier molecular flexibility index (Phi) is 5.84. The molecule has 2 aliphatic heterocycles. The number of hydrogen-bond donors (Lipinski definition) is 0. The minimum absolute atomic E-state index is 0.328. The summed E-state index contributed by atoms with van der Waals surface area (Å²) in [5.41, 5.74) is 1.98. The molecule has 162 valence electrons. The van der Waals surface area contributed by atoms with E-state index in [-0.39, 0.29) is 11.8 Å². The first-order chi connectivity index (χ1) is 15.1. The van der Waals surface area contributed by atoms with Crippen molar-refractivity contribution in [2.45, 2.75) is 19.8 Å². The van der Waals surface area contributed by atoms with Crippen LogP contribution in [0, 0.1) is 0 Å². The van der Waals surface area contributed by atoms with Crippen LogP contribution in [0.3, 0.4) is 0 Å². The van der Waals surface area contributed by atoms with Crippen molar-refractivity contribution in [1.29, 1.82) is 0 Å². The molecule has 0 bridgehead atoms. The van der Waals surface area contributed by atoms with E-state index < -0.39 is 0 Å². The fourth-order valence-corrected chi connectivity index (χ4v) is 4.05. The molecule has 0 aliphatic carbocycles. The summed E-state index contributed by atoms with van der Waals surface area (Å²) in [6.07, 6.45) is 1.99. The van der Waals surface area contributed by atoms with Crippen LogP contribution >= 0.6 is 0 Å². The van der Waals surface area contributed by atoms with Gasteiger partial charge in [0, 0.05) is 31.3 Å². The second-order valence-electron chi connectivity index (χ2n) is 7.39. The molecule has 2 aliphatic rings. The molecular weight excluding hydrogens is 396 g/mol. The van der Waals surface area contributed by atoms with Crippen molar-refractivity contribution in [2.24, 2.45) is 0 Å². The third-order valence-corrected chi connectivity index (χ3v) is 5.53. The van der Waals surface area contributed by atoms with Crippen molar-refractivity contribution in [3.63, 3.8) is 0 Å². The number of likely N-dealkylation sites (tertiary alicyclic amines) is 1. The van der Waals surface area contributed by atoms with Gasteiger partial charge in [0.2, 0.25) is 0 Å². The third kappa shape index (κ3) is 3.83. The molecule has 1 fully saturated rings. The predicted octanol–water partition coefficient (Wildman–Crippen LogP) is 3.48. The lowest BCUT2D eigenvalue weighted by Crippen LogP contribution is -2.34. The first-order valence-electron chi connectivity index (χ1n) is 10.4. The van der Waals surface area contributed by atoms with Crippen molar-refractivity contribution >= 4 is 23.1 Å². The van der Waals surface area contributed by atoms with Gasteiger partial charge >= 0.3 is 0 Å². The monoisotopic (exact) mass is 422 g/mol. The van der Waals surface area contributed by atoms with Gasteiger partial charge in [-0.25, -0.2) is 4.90 Å². The minimum atomic E-state index is -0.355. The molecule has 2 aromatic carbocycles. The molecule has 4 rings (SSSR count). The zero-order chi connectivity index (χ0) is 22.0. The van der Waals surface area contributed by atoms with E-state index >= 15 is 0 Å². The number of methoxy groups -OCH3 is 2. The Balaban J connectivity index is 1.79. The van der Waals surface area contributed by atoms with Crippen molar-refractivity contribution in [2.75, 3.05) is 38.8 Å². The van der Waals surface area contributed by atoms with Gasteiger partial charge in [-0.15, -0.1) is 0 Å². The largest absolute Gasteiger partial charge is 0.497 e. The Labute approximate surface area is 181 Å². The number of carbonyl (C=O) groups is 2. The third-order valence-electron chi connectivity index (χ3n) is 5.53. The van der Waals surface area contributed by atoms with Gasteiger partial charge < -0.3 is 19.1 Å². The molecule has 0 atom stereocenters. The smallest absolute Gasteiger partial charge is 0.282 e. The zero-order valence-corrected chi connectivity index (χ0v) is 18.0. The summed E-state index contributed by atoms with van der Waals surface area (Å²) in [4.78, 5) is 30.4. The van der Waals surface area contributed by atoms with Gasteiger partial charge in [-0.2, -0.15) is 0 Å². The number of nitrogens with zero attached hydrogens (tertiary/aromatic N) is 2. The Morgan fingerprint density at radius 2 is 1.45 bits per heavy atom. The van der Waals surface area contributed by atoms with Crippen molar-refractivity contribution in [3.8, 4) is 17.2 Å². The highest BCUT2D eigenvalue weighted by Gasteiger charge is 2.43. The van der Waals surface area contributed by atoms with Crippen LogP contribution in [0.25, 0.3) is 5.57 Å². The lowest BCUT2D eigenvalue weighted by atomic mass is 10.0. The van der Waals surface area contributed by atoms with Crippen LogP contribution in [-0.4, -0.2) is 50.6 Å². The van der Waals surface area contributed by atoms with Crippen LogP contribution in [0.15, 0.2) is 48.2 Å². The van der Waals surface area contributed by atoms with Gasteiger partial charge in [-0.1, -0.05) is 12.1 Å². The van der Waals surface area contributed by atoms with E-state index in [2.05, 4.69) is 0 Å². The highest BCUT2D eigenvalue weighted by atomic mass is 16.5. The average molecular weight is 422 g/mol. The predicted molar refractivity (Wildman–Crippen MR) is 117 cm³/mol. The van der Waals surface area contributed by atoms with E-state index in [1.54, 1.807) is 18.2 Å². The van der Waals surface area contributed by atoms with Gasteiger partial charge in [0.05, 0.1) is 32.1 Å². The summed E-state index contributed by atoms with van der Waals surface area (Å²) >= 11 is 0. The number of rotatable bonds is 7. The van der Waals surface area contributed by atoms with Crippen molar-refractivity contribution in [3.05, 3.63) is 53.7 Å². The number of anilines is 1. The maximum atomic E-state index is 13.6. The summed E-state index contributed by atoms with van der Waals surface area (Å²) in [5.74, 6) is 1.05. The molecule has 31 heavy (non-hydrogen) atoms. The molecule has 0 spiro atoms. The average Bonchev–Trinajstić information content (AvgIpc) is 3.40. The van der Waals surface area contributed by atoms with Crippen LogP contribution < -0.4 is 19.1 Å². The van der Waals surface area contributed by atoms with Gasteiger partial charge in [-0.3, -0.25) is 9.59 Å². The molecule has 2 aromatic rings. The quantitative estimate of drug-likeness (QED) is 0.637. The second-order valence-corrected chi connectivity index (χ2v) is 7.39. The molecule has 0 radical (unpaired) electrons. The summed E-state index contributed by atoms with van der Waals surface area (Å²) in [7, 11) is 3.07. The Bertz CT molecular complexity index is 1000. The molecule has 0 aromatic heterocycles. The van der Waals surface area contributed by atoms with E-state index in [0.717, 1.165) is 31.7 Å². The topological polar surface area (TPSA) is 68.3 Å². The van der Waals surface area contributed by atoms with Gasteiger partial charge in [0.1, 0.15) is 22.9 Å². The SMILES string of the molecule is CCOc1ccc(C2=C(N3CCCC3)C(=O)N(c3cc(OC)cc(OC)c3)C2=O)cc1. The lowest BCUT2D eigenvalue weighted by molar-refractivity contribution is -0.120. The van der Waals surface area contributed by atoms with Gasteiger partial charge in [-0.05, 0) is 37.5 Å². The highest BCUT2D eigenvalue weighted by Crippen LogP contribution is 2.38. The van der Waals surface area contributed by atoms with E-state index in [1.165, 1.54) is 19.1 Å². The van der Waals surface area contributed by atoms with E-state index in [0.29, 0.717) is 40.6 Å². The summed E-state index contributed by atoms with van der Waals surface area (Å²) in [6, 6.07) is 12.3. The fraction of sp³-hybridized carbons (Fsp3) is 0.333. The number of carbonyl (C=O) groups excluding carboxylic acids is 2. The Morgan fingerprint density at radius 1 is 0.839 bits per heavy atom. The van der Waals surface area contributed by atoms with Crippen LogP contribution in [0.1, 0.15) is 25.3 Å². The molecule has 1 saturated heterocycles. The van der Waals surface area contributed by atoms with Crippen LogP contribution in [-0.2, 0) is 9.59 Å². The molecule has 7 heteroatoms. The van der Waals surface area contributed by atoms with Crippen LogP contribution in [0.2, 0.25) is 0 Å². The number of imide groups is 1. The van der Waals surface area contributed by atoms with Crippen molar-refractivity contribution in [1.82, 2.24) is 4.90 Å². The molecule has 7 nitrogen and oxygen atoms in total. The molecular formula is C24H26N2O5. The molecule has 2 amide bonds. The zero-order valence-electron chi connectivity index (χ0n) is 18.0. The summed E-state index contributed by atoms with van der Waals surface area (Å²) < 4.78 is 16.2. The number of ether oxygens (including phenoxy) is 3. The van der Waals surface area contributed by atoms with Gasteiger partial charge in [0.15, 0.2) is 0 Å². The minimum Gasteiger partial charge on any atom is -0.497 e. The Hall–Kier alpha value is -3.48. The van der Waals surface area contributed by atoms with Crippen molar-refractivity contribution < 1.29 is 23.8 Å². The molecule has 0 saturated carbocycles. The maximum absolute atomic E-state index is 13.6. The Morgan fingerprint density at radius 3 is 2.00 bits per heavy atom. The molecule has 0 unspecified atom stereocenters. The number of hydrogen-bond acceptors (Lipinski definition) is 6. The summed E-state index contributed by atoms with van der Waals surface area (Å²) in [6.45, 7) is 3.99. The lowest BCUT2D eigenvalue weighted by Gasteiger charge is -2.21. The number of benzene rings is 2. The van der Waals surface area contributed by atoms with E-state index in [1.807, 2.05) is 36.1 Å². The molecule has 0 N–H and O–H groups in total. The van der Waals surface area contributed by atoms with E-state index in [4.69, 9.17) is 14.2 Å².